The summed E-state index contributed by atoms with van der Waals surface area (Å²) in [5, 5.41) is 1.06. The average molecular weight is 255 g/mol. The number of nitrogens with two attached hydrogens (primary N) is 1. The largest absolute Gasteiger partial charge is 0.323 e. The molecule has 0 aliphatic carbocycles. The molecule has 0 saturated carbocycles. The first-order chi connectivity index (χ1) is 7.18. The number of nitrogens with zero attached hydrogens (tertiary/aromatic N) is 1. The third-order valence-electron chi connectivity index (χ3n) is 2.27. The number of aromatic nitrogens is 1. The summed E-state index contributed by atoms with van der Waals surface area (Å²) in [6.45, 7) is 4.01. The van der Waals surface area contributed by atoms with Crippen LogP contribution in [0, 0.1) is 6.92 Å². The van der Waals surface area contributed by atoms with Crippen LogP contribution < -0.4 is 5.73 Å². The summed E-state index contributed by atoms with van der Waals surface area (Å²) in [7, 11) is 0. The Bertz CT molecular complexity index is 451. The van der Waals surface area contributed by atoms with Gasteiger partial charge in [-0.15, -0.1) is 23.7 Å². The molecule has 0 amide bonds. The molecule has 2 nitrogen and oxygen atoms in total. The van der Waals surface area contributed by atoms with Crippen LogP contribution in [0.4, 0.5) is 0 Å². The average Bonchev–Trinajstić information content (AvgIpc) is 2.62. The minimum atomic E-state index is 0. The van der Waals surface area contributed by atoms with E-state index in [0.29, 0.717) is 0 Å². The lowest BCUT2D eigenvalue weighted by Crippen LogP contribution is -2.03. The summed E-state index contributed by atoms with van der Waals surface area (Å²) in [6, 6.07) is 10.3. The Balaban J connectivity index is 0.00000128. The highest BCUT2D eigenvalue weighted by atomic mass is 35.5. The molecule has 0 fully saturated rings. The Kier molecular flexibility index (Phi) is 4.47. The van der Waals surface area contributed by atoms with Crippen molar-refractivity contribution in [2.75, 3.05) is 0 Å². The second kappa shape index (κ2) is 5.43. The summed E-state index contributed by atoms with van der Waals surface area (Å²) in [5.74, 6) is 0. The van der Waals surface area contributed by atoms with Crippen LogP contribution in [0.2, 0.25) is 0 Å². The third-order valence-corrected chi connectivity index (χ3v) is 3.67. The zero-order valence-electron chi connectivity index (χ0n) is 9.31. The molecule has 1 atom stereocenters. The number of benzene rings is 1. The molecule has 1 unspecified atom stereocenters. The maximum Gasteiger partial charge on any atom is 0.123 e. The molecule has 0 bridgehead atoms. The third kappa shape index (κ3) is 2.61. The lowest BCUT2D eigenvalue weighted by atomic mass is 10.2. The van der Waals surface area contributed by atoms with Crippen LogP contribution in [-0.4, -0.2) is 4.98 Å². The van der Waals surface area contributed by atoms with Gasteiger partial charge in [-0.1, -0.05) is 30.3 Å². The van der Waals surface area contributed by atoms with Crippen LogP contribution in [0.5, 0.6) is 0 Å². The van der Waals surface area contributed by atoms with E-state index in [1.165, 1.54) is 4.88 Å². The Morgan fingerprint density at radius 3 is 2.38 bits per heavy atom. The van der Waals surface area contributed by atoms with Crippen molar-refractivity contribution in [1.29, 1.82) is 0 Å². The van der Waals surface area contributed by atoms with Crippen molar-refractivity contribution in [2.24, 2.45) is 5.73 Å². The van der Waals surface area contributed by atoms with Crippen LogP contribution in [0.1, 0.15) is 23.5 Å². The van der Waals surface area contributed by atoms with Crippen molar-refractivity contribution < 1.29 is 0 Å². The van der Waals surface area contributed by atoms with Crippen molar-refractivity contribution in [1.82, 2.24) is 4.98 Å². The van der Waals surface area contributed by atoms with Gasteiger partial charge in [0.2, 0.25) is 0 Å². The molecule has 0 aliphatic heterocycles. The zero-order chi connectivity index (χ0) is 10.8. The van der Waals surface area contributed by atoms with Gasteiger partial charge in [0.1, 0.15) is 5.01 Å². The van der Waals surface area contributed by atoms with Crippen LogP contribution >= 0.6 is 23.7 Å². The van der Waals surface area contributed by atoms with E-state index in [-0.39, 0.29) is 18.4 Å². The maximum atomic E-state index is 5.88. The maximum absolute atomic E-state index is 5.88. The molecule has 0 aliphatic rings. The molecule has 0 saturated heterocycles. The van der Waals surface area contributed by atoms with Gasteiger partial charge < -0.3 is 5.73 Å². The van der Waals surface area contributed by atoms with Crippen molar-refractivity contribution in [3.63, 3.8) is 0 Å². The molecule has 2 rings (SSSR count). The number of halogens is 1. The Morgan fingerprint density at radius 1 is 1.25 bits per heavy atom. The first-order valence-electron chi connectivity index (χ1n) is 4.97. The minimum Gasteiger partial charge on any atom is -0.323 e. The number of hydrogen-bond acceptors (Lipinski definition) is 3. The normalized spacial score (nSPS) is 11.9. The van der Waals surface area contributed by atoms with Crippen molar-refractivity contribution in [3.05, 3.63) is 40.9 Å². The second-order valence-corrected chi connectivity index (χ2v) is 4.65. The highest BCUT2D eigenvalue weighted by molar-refractivity contribution is 7.15. The monoisotopic (exact) mass is 254 g/mol. The van der Waals surface area contributed by atoms with Gasteiger partial charge in [-0.05, 0) is 13.8 Å². The van der Waals surface area contributed by atoms with Crippen molar-refractivity contribution in [3.8, 4) is 10.6 Å². The molecule has 2 N–H and O–H groups in total. The molecule has 1 aromatic carbocycles. The van der Waals surface area contributed by atoms with E-state index >= 15 is 0 Å². The minimum absolute atomic E-state index is 0. The van der Waals surface area contributed by atoms with E-state index in [1.807, 2.05) is 32.0 Å². The number of thiazole rings is 1. The van der Waals surface area contributed by atoms with Crippen molar-refractivity contribution in [2.45, 2.75) is 19.9 Å². The van der Waals surface area contributed by atoms with Gasteiger partial charge >= 0.3 is 0 Å². The molecule has 1 heterocycles. The second-order valence-electron chi connectivity index (χ2n) is 3.62. The topological polar surface area (TPSA) is 38.9 Å². The van der Waals surface area contributed by atoms with Gasteiger partial charge in [0, 0.05) is 16.5 Å². The fourth-order valence-electron chi connectivity index (χ4n) is 1.53. The fourth-order valence-corrected chi connectivity index (χ4v) is 2.56. The van der Waals surface area contributed by atoms with Gasteiger partial charge in [-0.2, -0.15) is 0 Å². The molecule has 1 aromatic heterocycles. The molecule has 0 spiro atoms. The smallest absolute Gasteiger partial charge is 0.123 e. The van der Waals surface area contributed by atoms with Gasteiger partial charge in [-0.25, -0.2) is 4.98 Å². The van der Waals surface area contributed by atoms with Crippen LogP contribution in [-0.2, 0) is 0 Å². The molecular weight excluding hydrogens is 240 g/mol. The predicted octanol–water partition coefficient (Wildman–Crippen LogP) is 3.56. The number of hydrogen-bond donors (Lipinski definition) is 1. The van der Waals surface area contributed by atoms with E-state index in [0.717, 1.165) is 16.3 Å². The van der Waals surface area contributed by atoms with E-state index in [4.69, 9.17) is 5.73 Å². The fraction of sp³-hybridized carbons (Fsp3) is 0.250. The van der Waals surface area contributed by atoms with Gasteiger partial charge in [-0.3, -0.25) is 0 Å². The summed E-state index contributed by atoms with van der Waals surface area (Å²) in [4.78, 5) is 5.72. The molecule has 16 heavy (non-hydrogen) atoms. The van der Waals surface area contributed by atoms with Gasteiger partial charge in [0.25, 0.3) is 0 Å². The number of aryl methyl sites for hydroxylation is 1. The van der Waals surface area contributed by atoms with E-state index in [9.17, 15) is 0 Å². The highest BCUT2D eigenvalue weighted by Crippen LogP contribution is 2.30. The Hall–Kier alpha value is -0.900. The quantitative estimate of drug-likeness (QED) is 0.890. The van der Waals surface area contributed by atoms with E-state index in [1.54, 1.807) is 11.3 Å². The molecule has 86 valence electrons. The predicted molar refractivity (Wildman–Crippen MR) is 72.1 cm³/mol. The standard InChI is InChI=1S/C12H14N2S.ClH/c1-8(13)11-9(2)14-12(15-11)10-6-4-3-5-7-10;/h3-8H,13H2,1-2H3;1H. The first kappa shape index (κ1) is 13.2. The SMILES string of the molecule is Cc1nc(-c2ccccc2)sc1C(C)N.Cl. The summed E-state index contributed by atoms with van der Waals surface area (Å²) < 4.78 is 0. The van der Waals surface area contributed by atoms with Crippen LogP contribution in [0.3, 0.4) is 0 Å². The molecular formula is C12H15ClN2S. The molecule has 4 heteroatoms. The van der Waals surface area contributed by atoms with E-state index in [2.05, 4.69) is 17.1 Å². The van der Waals surface area contributed by atoms with E-state index < -0.39 is 0 Å². The van der Waals surface area contributed by atoms with Crippen LogP contribution in [0.15, 0.2) is 30.3 Å². The highest BCUT2D eigenvalue weighted by Gasteiger charge is 2.11. The Morgan fingerprint density at radius 2 is 1.88 bits per heavy atom. The summed E-state index contributed by atoms with van der Waals surface area (Å²) in [6.07, 6.45) is 0. The zero-order valence-corrected chi connectivity index (χ0v) is 10.9. The molecule has 2 aromatic rings. The lowest BCUT2D eigenvalue weighted by Gasteiger charge is -1.99. The Labute approximate surface area is 106 Å². The number of rotatable bonds is 2. The van der Waals surface area contributed by atoms with Gasteiger partial charge in [0.15, 0.2) is 0 Å². The lowest BCUT2D eigenvalue weighted by molar-refractivity contribution is 0.825. The van der Waals surface area contributed by atoms with Crippen molar-refractivity contribution >= 4 is 23.7 Å². The molecule has 0 radical (unpaired) electrons. The first-order valence-corrected chi connectivity index (χ1v) is 5.78. The van der Waals surface area contributed by atoms with Crippen LogP contribution in [0.25, 0.3) is 10.6 Å². The van der Waals surface area contributed by atoms with Gasteiger partial charge in [0.05, 0.1) is 5.69 Å². The summed E-state index contributed by atoms with van der Waals surface area (Å²) >= 11 is 1.68. The summed E-state index contributed by atoms with van der Waals surface area (Å²) in [5.41, 5.74) is 8.09.